The lowest BCUT2D eigenvalue weighted by Crippen LogP contribution is -1.85. The molecule has 0 spiro atoms. The Bertz CT molecular complexity index is 461. The van der Waals surface area contributed by atoms with Gasteiger partial charge in [-0.15, -0.1) is 0 Å². The van der Waals surface area contributed by atoms with Gasteiger partial charge in [-0.05, 0) is 23.6 Å². The Kier molecular flexibility index (Phi) is 10.2. The van der Waals surface area contributed by atoms with Gasteiger partial charge in [0.25, 0.3) is 0 Å². The molecule has 0 heterocycles. The van der Waals surface area contributed by atoms with Crippen LogP contribution in [0.2, 0.25) is 0 Å². The summed E-state index contributed by atoms with van der Waals surface area (Å²) in [5.41, 5.74) is 5.25. The van der Waals surface area contributed by atoms with Gasteiger partial charge >= 0.3 is 0 Å². The second kappa shape index (κ2) is 10.8. The van der Waals surface area contributed by atoms with Crippen LogP contribution in [0, 0.1) is 6.92 Å². The number of alkyl halides is 1. The maximum Gasteiger partial charge on any atom is 0.0289 e. The normalized spacial score (nSPS) is 8.74. The number of hydrogen-bond acceptors (Lipinski definition) is 0. The lowest BCUT2D eigenvalue weighted by molar-refractivity contribution is 1.41. The predicted molar refractivity (Wildman–Crippen MR) is 91.9 cm³/mol. The van der Waals surface area contributed by atoms with Gasteiger partial charge < -0.3 is 0 Å². The summed E-state index contributed by atoms with van der Waals surface area (Å²) in [5, 5.41) is 0.900. The summed E-state index contributed by atoms with van der Waals surface area (Å²) in [6, 6.07) is 17.1. The van der Waals surface area contributed by atoms with E-state index in [0.29, 0.717) is 0 Å². The summed E-state index contributed by atoms with van der Waals surface area (Å²) in [5.74, 6) is 0. The molecule has 0 N–H and O–H groups in total. The highest BCUT2D eigenvalue weighted by atomic mass is 79.9. The predicted octanol–water partition coefficient (Wildman–Crippen LogP) is 6.61. The van der Waals surface area contributed by atoms with Gasteiger partial charge in [-0.25, -0.2) is 0 Å². The summed E-state index contributed by atoms with van der Waals surface area (Å²) >= 11 is 3.52. The Morgan fingerprint density at radius 2 is 1.47 bits per heavy atom. The van der Waals surface area contributed by atoms with Gasteiger partial charge in [0, 0.05) is 5.33 Å². The number of halogens is 1. The Labute approximate surface area is 127 Å². The van der Waals surface area contributed by atoms with Gasteiger partial charge in [0.05, 0.1) is 0 Å². The molecule has 104 valence electrons. The summed E-state index contributed by atoms with van der Waals surface area (Å²) in [6.45, 7) is 10.1. The van der Waals surface area contributed by atoms with E-state index in [1.165, 1.54) is 22.3 Å². The largest absolute Gasteiger partial charge is 0.0876 e. The van der Waals surface area contributed by atoms with Crippen molar-refractivity contribution < 1.29 is 0 Å². The van der Waals surface area contributed by atoms with E-state index in [2.05, 4.69) is 71.4 Å². The Morgan fingerprint density at radius 3 is 2.05 bits per heavy atom. The lowest BCUT2D eigenvalue weighted by atomic mass is 9.99. The quantitative estimate of drug-likeness (QED) is 0.546. The molecule has 19 heavy (non-hydrogen) atoms. The number of aryl methyl sites for hydroxylation is 1. The van der Waals surface area contributed by atoms with Crippen LogP contribution in [-0.4, -0.2) is 0 Å². The van der Waals surface area contributed by atoms with Gasteiger partial charge in [0.2, 0.25) is 0 Å². The fourth-order valence-corrected chi connectivity index (χ4v) is 2.22. The average molecular weight is 321 g/mol. The van der Waals surface area contributed by atoms with Crippen LogP contribution in [0.15, 0.2) is 48.5 Å². The van der Waals surface area contributed by atoms with Crippen molar-refractivity contribution in [3.8, 4) is 11.1 Å². The molecule has 0 aromatic heterocycles. The van der Waals surface area contributed by atoms with Crippen LogP contribution in [-0.2, 0) is 5.33 Å². The van der Waals surface area contributed by atoms with Crippen LogP contribution in [0.1, 0.15) is 38.8 Å². The van der Waals surface area contributed by atoms with Crippen molar-refractivity contribution in [1.82, 2.24) is 0 Å². The average Bonchev–Trinajstić information content (AvgIpc) is 2.51. The van der Waals surface area contributed by atoms with E-state index >= 15 is 0 Å². The van der Waals surface area contributed by atoms with E-state index in [-0.39, 0.29) is 0 Å². The lowest BCUT2D eigenvalue weighted by Gasteiger charge is -2.07. The van der Waals surface area contributed by atoms with Gasteiger partial charge in [-0.1, -0.05) is 97.7 Å². The molecule has 0 unspecified atom stereocenters. The highest BCUT2D eigenvalue weighted by Crippen LogP contribution is 2.25. The first-order chi connectivity index (χ1) is 9.31. The van der Waals surface area contributed by atoms with E-state index in [1.54, 1.807) is 0 Å². The van der Waals surface area contributed by atoms with Crippen LogP contribution in [0.3, 0.4) is 0 Å². The first-order valence-corrected chi connectivity index (χ1v) is 8.14. The number of rotatable bonds is 2. The van der Waals surface area contributed by atoms with Crippen molar-refractivity contribution in [2.24, 2.45) is 0 Å². The van der Waals surface area contributed by atoms with Crippen molar-refractivity contribution in [2.75, 3.05) is 0 Å². The molecule has 1 heteroatoms. The van der Waals surface area contributed by atoms with E-state index in [0.717, 1.165) is 5.33 Å². The fraction of sp³-hybridized carbons (Fsp3) is 0.333. The molecule has 0 atom stereocenters. The molecule has 0 aliphatic rings. The third kappa shape index (κ3) is 5.61. The van der Waals surface area contributed by atoms with Crippen LogP contribution in [0.4, 0.5) is 0 Å². The third-order valence-corrected chi connectivity index (χ3v) is 3.09. The molecule has 0 radical (unpaired) electrons. The second-order valence-electron chi connectivity index (χ2n) is 3.66. The van der Waals surface area contributed by atoms with Crippen molar-refractivity contribution in [2.45, 2.75) is 39.9 Å². The fourth-order valence-electron chi connectivity index (χ4n) is 1.73. The van der Waals surface area contributed by atoms with Crippen LogP contribution >= 0.6 is 15.9 Å². The SMILES string of the molecule is CC.CC.Cc1cccc(-c2ccccc2CBr)c1. The summed E-state index contributed by atoms with van der Waals surface area (Å²) in [7, 11) is 0. The summed E-state index contributed by atoms with van der Waals surface area (Å²) in [4.78, 5) is 0. The summed E-state index contributed by atoms with van der Waals surface area (Å²) < 4.78 is 0. The molecular formula is C18H25Br. The summed E-state index contributed by atoms with van der Waals surface area (Å²) in [6.07, 6.45) is 0. The molecule has 0 saturated heterocycles. The Balaban J connectivity index is 0.000000741. The maximum absolute atomic E-state index is 3.52. The maximum atomic E-state index is 3.52. The molecule has 0 aliphatic heterocycles. The van der Waals surface area contributed by atoms with Crippen molar-refractivity contribution in [1.29, 1.82) is 0 Å². The Hall–Kier alpha value is -1.08. The number of benzene rings is 2. The molecule has 2 aromatic carbocycles. The van der Waals surface area contributed by atoms with Gasteiger partial charge in [0.1, 0.15) is 0 Å². The minimum atomic E-state index is 0.900. The molecular weight excluding hydrogens is 296 g/mol. The molecule has 0 aliphatic carbocycles. The zero-order valence-corrected chi connectivity index (χ0v) is 14.3. The standard InChI is InChI=1S/C14H13Br.2C2H6/c1-11-5-4-7-12(9-11)14-8-3-2-6-13(14)10-15;2*1-2/h2-9H,10H2,1H3;2*1-2H3. The van der Waals surface area contributed by atoms with Crippen molar-refractivity contribution in [3.05, 3.63) is 59.7 Å². The minimum Gasteiger partial charge on any atom is -0.0876 e. The molecule has 0 nitrogen and oxygen atoms in total. The molecule has 2 aromatic rings. The highest BCUT2D eigenvalue weighted by molar-refractivity contribution is 9.08. The van der Waals surface area contributed by atoms with Crippen LogP contribution in [0.25, 0.3) is 11.1 Å². The van der Waals surface area contributed by atoms with E-state index < -0.39 is 0 Å². The molecule has 0 saturated carbocycles. The van der Waals surface area contributed by atoms with Crippen LogP contribution in [0.5, 0.6) is 0 Å². The molecule has 2 rings (SSSR count). The van der Waals surface area contributed by atoms with Gasteiger partial charge in [-0.2, -0.15) is 0 Å². The van der Waals surface area contributed by atoms with E-state index in [4.69, 9.17) is 0 Å². The van der Waals surface area contributed by atoms with Crippen LogP contribution < -0.4 is 0 Å². The molecule has 0 bridgehead atoms. The van der Waals surface area contributed by atoms with Crippen molar-refractivity contribution in [3.63, 3.8) is 0 Å². The smallest absolute Gasteiger partial charge is 0.0289 e. The minimum absolute atomic E-state index is 0.900. The first-order valence-electron chi connectivity index (χ1n) is 7.02. The first kappa shape index (κ1) is 17.9. The highest BCUT2D eigenvalue weighted by Gasteiger charge is 2.02. The van der Waals surface area contributed by atoms with Gasteiger partial charge in [0.15, 0.2) is 0 Å². The number of hydrogen-bond donors (Lipinski definition) is 0. The zero-order chi connectivity index (χ0) is 14.7. The van der Waals surface area contributed by atoms with Gasteiger partial charge in [-0.3, -0.25) is 0 Å². The molecule has 0 fully saturated rings. The molecule has 0 amide bonds. The Morgan fingerprint density at radius 1 is 0.842 bits per heavy atom. The second-order valence-corrected chi connectivity index (χ2v) is 4.22. The monoisotopic (exact) mass is 320 g/mol. The topological polar surface area (TPSA) is 0 Å². The zero-order valence-electron chi connectivity index (χ0n) is 12.7. The van der Waals surface area contributed by atoms with E-state index in [9.17, 15) is 0 Å². The van der Waals surface area contributed by atoms with Crippen molar-refractivity contribution >= 4 is 15.9 Å². The third-order valence-electron chi connectivity index (χ3n) is 2.49. The van der Waals surface area contributed by atoms with E-state index in [1.807, 2.05) is 27.7 Å².